The van der Waals surface area contributed by atoms with Crippen LogP contribution < -0.4 is 4.74 Å². The number of likely N-dealkylation sites (tertiary alicyclic amines) is 1. The number of aromatic nitrogens is 2. The van der Waals surface area contributed by atoms with Crippen molar-refractivity contribution in [2.24, 2.45) is 0 Å². The molecule has 1 aromatic heterocycles. The van der Waals surface area contributed by atoms with Crippen LogP contribution in [0.1, 0.15) is 41.1 Å². The standard InChI is InChI=1S/C23H23N3O3/c1-28-20-11-4-3-8-17(20)12-13-21-24-22(25-29-21)18-9-7-10-19(16-18)23(27)26-14-5-2-6-15-26/h3-4,7-13,16H,2,5-6,14-15H2,1H3. The van der Waals surface area contributed by atoms with Crippen LogP contribution in [0.15, 0.2) is 53.1 Å². The second-order valence-corrected chi connectivity index (χ2v) is 6.97. The Hall–Kier alpha value is -3.41. The highest BCUT2D eigenvalue weighted by atomic mass is 16.5. The van der Waals surface area contributed by atoms with E-state index in [1.165, 1.54) is 6.42 Å². The van der Waals surface area contributed by atoms with E-state index >= 15 is 0 Å². The third-order valence-corrected chi connectivity index (χ3v) is 5.00. The number of nitrogens with zero attached hydrogens (tertiary/aromatic N) is 3. The molecular weight excluding hydrogens is 366 g/mol. The minimum Gasteiger partial charge on any atom is -0.496 e. The zero-order valence-corrected chi connectivity index (χ0v) is 16.4. The molecule has 0 aliphatic carbocycles. The highest BCUT2D eigenvalue weighted by Gasteiger charge is 2.19. The minimum atomic E-state index is 0.0614. The van der Waals surface area contributed by atoms with E-state index < -0.39 is 0 Å². The van der Waals surface area contributed by atoms with Crippen molar-refractivity contribution in [3.63, 3.8) is 0 Å². The van der Waals surface area contributed by atoms with Crippen molar-refractivity contribution in [3.05, 3.63) is 65.5 Å². The van der Waals surface area contributed by atoms with Gasteiger partial charge in [-0.25, -0.2) is 0 Å². The Kier molecular flexibility index (Phi) is 5.70. The molecule has 2 aromatic carbocycles. The van der Waals surface area contributed by atoms with Crippen molar-refractivity contribution in [3.8, 4) is 17.1 Å². The van der Waals surface area contributed by atoms with Gasteiger partial charge in [-0.1, -0.05) is 35.5 Å². The molecule has 0 N–H and O–H groups in total. The summed E-state index contributed by atoms with van der Waals surface area (Å²) in [5, 5.41) is 4.06. The molecule has 1 amide bonds. The van der Waals surface area contributed by atoms with Gasteiger partial charge < -0.3 is 14.2 Å². The van der Waals surface area contributed by atoms with E-state index in [1.54, 1.807) is 13.2 Å². The van der Waals surface area contributed by atoms with E-state index in [0.29, 0.717) is 17.3 Å². The van der Waals surface area contributed by atoms with Gasteiger partial charge in [0.05, 0.1) is 7.11 Å². The summed E-state index contributed by atoms with van der Waals surface area (Å²) in [6.07, 6.45) is 6.94. The Morgan fingerprint density at radius 1 is 1.07 bits per heavy atom. The van der Waals surface area contributed by atoms with Gasteiger partial charge in [0.1, 0.15) is 5.75 Å². The second kappa shape index (κ2) is 8.73. The van der Waals surface area contributed by atoms with Crippen LogP contribution in [-0.4, -0.2) is 41.1 Å². The van der Waals surface area contributed by atoms with Crippen LogP contribution in [0.5, 0.6) is 5.75 Å². The summed E-state index contributed by atoms with van der Waals surface area (Å²) in [5.74, 6) is 1.68. The lowest BCUT2D eigenvalue weighted by atomic mass is 10.1. The average molecular weight is 389 g/mol. The lowest BCUT2D eigenvalue weighted by Gasteiger charge is -2.26. The zero-order valence-electron chi connectivity index (χ0n) is 16.4. The number of hydrogen-bond donors (Lipinski definition) is 0. The summed E-state index contributed by atoms with van der Waals surface area (Å²) >= 11 is 0. The SMILES string of the molecule is COc1ccccc1C=Cc1nc(-c2cccc(C(=O)N3CCCCC3)c2)no1. The Morgan fingerprint density at radius 3 is 2.72 bits per heavy atom. The van der Waals surface area contributed by atoms with Gasteiger partial charge in [0.2, 0.25) is 5.82 Å². The maximum absolute atomic E-state index is 12.7. The van der Waals surface area contributed by atoms with E-state index in [4.69, 9.17) is 9.26 Å². The summed E-state index contributed by atoms with van der Waals surface area (Å²) in [4.78, 5) is 19.1. The van der Waals surface area contributed by atoms with E-state index in [-0.39, 0.29) is 5.91 Å². The first-order valence-electron chi connectivity index (χ1n) is 9.79. The quantitative estimate of drug-likeness (QED) is 0.641. The highest BCUT2D eigenvalue weighted by molar-refractivity contribution is 5.95. The topological polar surface area (TPSA) is 68.5 Å². The summed E-state index contributed by atoms with van der Waals surface area (Å²) in [6.45, 7) is 1.65. The summed E-state index contributed by atoms with van der Waals surface area (Å²) in [6, 6.07) is 15.1. The van der Waals surface area contributed by atoms with Gasteiger partial charge in [0, 0.05) is 35.9 Å². The molecule has 2 heterocycles. The van der Waals surface area contributed by atoms with Crippen LogP contribution in [0.2, 0.25) is 0 Å². The molecule has 0 atom stereocenters. The Morgan fingerprint density at radius 2 is 1.90 bits per heavy atom. The second-order valence-electron chi connectivity index (χ2n) is 6.97. The van der Waals surface area contributed by atoms with Crippen LogP contribution >= 0.6 is 0 Å². The van der Waals surface area contributed by atoms with Crippen molar-refractivity contribution in [2.75, 3.05) is 20.2 Å². The molecule has 0 bridgehead atoms. The van der Waals surface area contributed by atoms with E-state index in [1.807, 2.05) is 59.5 Å². The van der Waals surface area contributed by atoms with Gasteiger partial charge in [-0.3, -0.25) is 4.79 Å². The molecule has 1 fully saturated rings. The van der Waals surface area contributed by atoms with Crippen LogP contribution in [0.4, 0.5) is 0 Å². The number of rotatable bonds is 5. The number of amides is 1. The maximum Gasteiger partial charge on any atom is 0.253 e. The molecule has 1 aliphatic rings. The first kappa shape index (κ1) is 18.9. The molecule has 0 unspecified atom stereocenters. The molecule has 1 aliphatic heterocycles. The zero-order chi connectivity index (χ0) is 20.1. The lowest BCUT2D eigenvalue weighted by molar-refractivity contribution is 0.0724. The van der Waals surface area contributed by atoms with Crippen LogP contribution in [0.3, 0.4) is 0 Å². The molecule has 0 spiro atoms. The number of benzene rings is 2. The monoisotopic (exact) mass is 389 g/mol. The molecular formula is C23H23N3O3. The number of para-hydroxylation sites is 1. The van der Waals surface area contributed by atoms with E-state index in [9.17, 15) is 4.79 Å². The summed E-state index contributed by atoms with van der Waals surface area (Å²) < 4.78 is 10.7. The number of hydrogen-bond acceptors (Lipinski definition) is 5. The molecule has 4 rings (SSSR count). The number of carbonyl (C=O) groups is 1. The lowest BCUT2D eigenvalue weighted by Crippen LogP contribution is -2.35. The third kappa shape index (κ3) is 4.37. The Labute approximate surface area is 169 Å². The van der Waals surface area contributed by atoms with Crippen molar-refractivity contribution < 1.29 is 14.1 Å². The molecule has 3 aromatic rings. The summed E-state index contributed by atoms with van der Waals surface area (Å²) in [5.41, 5.74) is 2.33. The van der Waals surface area contributed by atoms with Crippen molar-refractivity contribution >= 4 is 18.1 Å². The molecule has 29 heavy (non-hydrogen) atoms. The molecule has 0 saturated carbocycles. The Bertz CT molecular complexity index is 1020. The van der Waals surface area contributed by atoms with E-state index in [0.717, 1.165) is 42.8 Å². The largest absolute Gasteiger partial charge is 0.496 e. The fourth-order valence-electron chi connectivity index (χ4n) is 3.46. The minimum absolute atomic E-state index is 0.0614. The van der Waals surface area contributed by atoms with Crippen molar-refractivity contribution in [1.82, 2.24) is 15.0 Å². The highest BCUT2D eigenvalue weighted by Crippen LogP contribution is 2.22. The smallest absolute Gasteiger partial charge is 0.253 e. The maximum atomic E-state index is 12.7. The fraction of sp³-hybridized carbons (Fsp3) is 0.261. The van der Waals surface area contributed by atoms with Crippen molar-refractivity contribution in [1.29, 1.82) is 0 Å². The molecule has 6 nitrogen and oxygen atoms in total. The van der Waals surface area contributed by atoms with Gasteiger partial charge in [-0.2, -0.15) is 4.98 Å². The first-order chi connectivity index (χ1) is 14.2. The van der Waals surface area contributed by atoms with Crippen LogP contribution in [-0.2, 0) is 0 Å². The predicted octanol–water partition coefficient (Wildman–Crippen LogP) is 4.54. The predicted molar refractivity (Wildman–Crippen MR) is 111 cm³/mol. The van der Waals surface area contributed by atoms with Gasteiger partial charge in [-0.05, 0) is 43.5 Å². The first-order valence-corrected chi connectivity index (χ1v) is 9.79. The number of carbonyl (C=O) groups excluding carboxylic acids is 1. The van der Waals surface area contributed by atoms with Crippen LogP contribution in [0, 0.1) is 0 Å². The number of ether oxygens (including phenoxy) is 1. The summed E-state index contributed by atoms with van der Waals surface area (Å²) in [7, 11) is 1.63. The third-order valence-electron chi connectivity index (χ3n) is 5.00. The van der Waals surface area contributed by atoms with Crippen molar-refractivity contribution in [2.45, 2.75) is 19.3 Å². The molecule has 0 radical (unpaired) electrons. The normalized spacial score (nSPS) is 14.3. The van der Waals surface area contributed by atoms with Crippen LogP contribution in [0.25, 0.3) is 23.5 Å². The number of methoxy groups -OCH3 is 1. The number of piperidine rings is 1. The Balaban J connectivity index is 1.52. The van der Waals surface area contributed by atoms with Gasteiger partial charge >= 0.3 is 0 Å². The van der Waals surface area contributed by atoms with Gasteiger partial charge in [-0.15, -0.1) is 0 Å². The van der Waals surface area contributed by atoms with Gasteiger partial charge in [0.15, 0.2) is 0 Å². The molecule has 1 saturated heterocycles. The molecule has 6 heteroatoms. The molecule has 148 valence electrons. The fourth-order valence-corrected chi connectivity index (χ4v) is 3.46. The van der Waals surface area contributed by atoms with Gasteiger partial charge in [0.25, 0.3) is 11.8 Å². The average Bonchev–Trinajstić information content (AvgIpc) is 3.27. The van der Waals surface area contributed by atoms with E-state index in [2.05, 4.69) is 10.1 Å².